The third kappa shape index (κ3) is 1.69. The molecule has 4 heteroatoms. The number of carboxylic acid groups (broad SMARTS) is 1. The van der Waals surface area contributed by atoms with Gasteiger partial charge in [0.15, 0.2) is 0 Å². The highest BCUT2D eigenvalue weighted by atomic mass is 16.4. The quantitative estimate of drug-likeness (QED) is 0.688. The Morgan fingerprint density at radius 3 is 2.50 bits per heavy atom. The maximum atomic E-state index is 12.5. The van der Waals surface area contributed by atoms with Gasteiger partial charge in [-0.25, -0.2) is 4.79 Å². The van der Waals surface area contributed by atoms with Crippen LogP contribution in [0.1, 0.15) is 21.5 Å². The Morgan fingerprint density at radius 2 is 1.80 bits per heavy atom. The predicted octanol–water partition coefficient (Wildman–Crippen LogP) is 3.26. The van der Waals surface area contributed by atoms with Crippen molar-refractivity contribution in [3.8, 4) is 0 Å². The summed E-state index contributed by atoms with van der Waals surface area (Å²) in [5, 5.41) is 9.96. The molecule has 20 heavy (non-hydrogen) atoms. The van der Waals surface area contributed by atoms with E-state index in [4.69, 9.17) is 9.52 Å². The van der Waals surface area contributed by atoms with Crippen LogP contribution < -0.4 is 5.43 Å². The van der Waals surface area contributed by atoms with E-state index in [1.54, 1.807) is 0 Å². The molecule has 100 valence electrons. The van der Waals surface area contributed by atoms with Gasteiger partial charge < -0.3 is 9.52 Å². The van der Waals surface area contributed by atoms with Gasteiger partial charge in [0, 0.05) is 0 Å². The van der Waals surface area contributed by atoms with Crippen LogP contribution in [0.15, 0.2) is 39.5 Å². The predicted molar refractivity (Wildman–Crippen MR) is 76.4 cm³/mol. The largest absolute Gasteiger partial charge is 0.478 e. The maximum absolute atomic E-state index is 12.5. The van der Waals surface area contributed by atoms with Gasteiger partial charge in [-0.05, 0) is 43.2 Å². The molecule has 0 fully saturated rings. The van der Waals surface area contributed by atoms with Crippen LogP contribution in [0.2, 0.25) is 0 Å². The van der Waals surface area contributed by atoms with E-state index in [9.17, 15) is 9.59 Å². The summed E-state index contributed by atoms with van der Waals surface area (Å²) in [7, 11) is 0. The van der Waals surface area contributed by atoms with E-state index in [1.807, 2.05) is 26.0 Å². The maximum Gasteiger partial charge on any atom is 0.335 e. The molecular weight excluding hydrogens is 256 g/mol. The first kappa shape index (κ1) is 12.4. The van der Waals surface area contributed by atoms with E-state index in [2.05, 4.69) is 0 Å². The highest BCUT2D eigenvalue weighted by Crippen LogP contribution is 2.24. The number of carbonyl (C=O) groups is 1. The van der Waals surface area contributed by atoms with Crippen molar-refractivity contribution in [2.24, 2.45) is 0 Å². The third-order valence-electron chi connectivity index (χ3n) is 3.48. The summed E-state index contributed by atoms with van der Waals surface area (Å²) < 4.78 is 5.77. The number of carboxylic acids is 1. The Labute approximate surface area is 114 Å². The average Bonchev–Trinajstić information content (AvgIpc) is 2.42. The first-order chi connectivity index (χ1) is 9.49. The van der Waals surface area contributed by atoms with E-state index in [0.29, 0.717) is 21.9 Å². The van der Waals surface area contributed by atoms with E-state index >= 15 is 0 Å². The summed E-state index contributed by atoms with van der Waals surface area (Å²) in [6.45, 7) is 3.72. The number of fused-ring (bicyclic) bond motifs is 2. The fraction of sp³-hybridized carbons (Fsp3) is 0.125. The van der Waals surface area contributed by atoms with Crippen LogP contribution in [0.3, 0.4) is 0 Å². The van der Waals surface area contributed by atoms with Crippen LogP contribution in [-0.2, 0) is 0 Å². The van der Waals surface area contributed by atoms with Crippen LogP contribution in [-0.4, -0.2) is 11.1 Å². The molecule has 0 unspecified atom stereocenters. The molecule has 1 N–H and O–H groups in total. The van der Waals surface area contributed by atoms with Crippen LogP contribution >= 0.6 is 0 Å². The van der Waals surface area contributed by atoms with Crippen molar-refractivity contribution >= 4 is 27.9 Å². The molecular formula is C16H12O4. The zero-order valence-corrected chi connectivity index (χ0v) is 11.1. The topological polar surface area (TPSA) is 67.5 Å². The SMILES string of the molecule is Cc1ccc(C)c2c(=O)c3ccc(C(=O)O)cc3oc12. The van der Waals surface area contributed by atoms with Crippen molar-refractivity contribution in [2.75, 3.05) is 0 Å². The lowest BCUT2D eigenvalue weighted by Crippen LogP contribution is -2.06. The van der Waals surface area contributed by atoms with E-state index in [-0.39, 0.29) is 11.0 Å². The normalized spacial score (nSPS) is 11.1. The standard InChI is InChI=1S/C16H12O4/c1-8-3-4-9(2)15-13(8)14(17)11-6-5-10(16(18)19)7-12(11)20-15/h3-7H,1-2H3,(H,18,19). The summed E-state index contributed by atoms with van der Waals surface area (Å²) in [5.74, 6) is -1.05. The molecule has 2 aromatic carbocycles. The van der Waals surface area contributed by atoms with Crippen molar-refractivity contribution in [1.82, 2.24) is 0 Å². The molecule has 0 bridgehead atoms. The molecule has 0 radical (unpaired) electrons. The van der Waals surface area contributed by atoms with Gasteiger partial charge in [0.2, 0.25) is 5.43 Å². The Hall–Kier alpha value is -2.62. The summed E-state index contributed by atoms with van der Waals surface area (Å²) >= 11 is 0. The van der Waals surface area contributed by atoms with Gasteiger partial charge in [-0.1, -0.05) is 12.1 Å². The number of hydrogen-bond acceptors (Lipinski definition) is 3. The van der Waals surface area contributed by atoms with Gasteiger partial charge in [0.05, 0.1) is 16.3 Å². The second-order valence-corrected chi connectivity index (χ2v) is 4.85. The molecule has 0 saturated carbocycles. The molecule has 4 nitrogen and oxygen atoms in total. The van der Waals surface area contributed by atoms with Crippen LogP contribution in [0, 0.1) is 13.8 Å². The van der Waals surface area contributed by atoms with Crippen molar-refractivity contribution in [3.05, 3.63) is 57.2 Å². The molecule has 0 aliphatic carbocycles. The average molecular weight is 268 g/mol. The first-order valence-corrected chi connectivity index (χ1v) is 6.19. The van der Waals surface area contributed by atoms with Gasteiger partial charge in [-0.15, -0.1) is 0 Å². The zero-order valence-electron chi connectivity index (χ0n) is 11.1. The van der Waals surface area contributed by atoms with Crippen molar-refractivity contribution in [3.63, 3.8) is 0 Å². The van der Waals surface area contributed by atoms with E-state index < -0.39 is 5.97 Å². The molecule has 0 atom stereocenters. The molecule has 0 aliphatic heterocycles. The van der Waals surface area contributed by atoms with Crippen molar-refractivity contribution in [1.29, 1.82) is 0 Å². The molecule has 0 amide bonds. The Balaban J connectivity index is 2.54. The molecule has 0 aliphatic rings. The van der Waals surface area contributed by atoms with Gasteiger partial charge in [-0.3, -0.25) is 4.79 Å². The first-order valence-electron chi connectivity index (χ1n) is 6.19. The van der Waals surface area contributed by atoms with Gasteiger partial charge in [0.1, 0.15) is 11.2 Å². The minimum absolute atomic E-state index is 0.102. The van der Waals surface area contributed by atoms with Crippen LogP contribution in [0.4, 0.5) is 0 Å². The van der Waals surface area contributed by atoms with Gasteiger partial charge >= 0.3 is 5.97 Å². The monoisotopic (exact) mass is 268 g/mol. The molecule has 1 heterocycles. The highest BCUT2D eigenvalue weighted by Gasteiger charge is 2.13. The lowest BCUT2D eigenvalue weighted by Gasteiger charge is -2.06. The van der Waals surface area contributed by atoms with Crippen molar-refractivity contribution < 1.29 is 14.3 Å². The van der Waals surface area contributed by atoms with Crippen LogP contribution in [0.5, 0.6) is 0 Å². The number of rotatable bonds is 1. The van der Waals surface area contributed by atoms with Crippen LogP contribution in [0.25, 0.3) is 21.9 Å². The number of aromatic carboxylic acids is 1. The molecule has 3 rings (SSSR count). The molecule has 3 aromatic rings. The summed E-state index contributed by atoms with van der Waals surface area (Å²) in [5.41, 5.74) is 2.50. The molecule has 1 aromatic heterocycles. The van der Waals surface area contributed by atoms with Gasteiger partial charge in [-0.2, -0.15) is 0 Å². The number of hydrogen-bond donors (Lipinski definition) is 1. The van der Waals surface area contributed by atoms with E-state index in [0.717, 1.165) is 11.1 Å². The molecule has 0 spiro atoms. The van der Waals surface area contributed by atoms with Crippen molar-refractivity contribution in [2.45, 2.75) is 13.8 Å². The third-order valence-corrected chi connectivity index (χ3v) is 3.48. The minimum Gasteiger partial charge on any atom is -0.478 e. The second kappa shape index (κ2) is 4.20. The Bertz CT molecular complexity index is 919. The Morgan fingerprint density at radius 1 is 1.10 bits per heavy atom. The Kier molecular flexibility index (Phi) is 2.61. The lowest BCUT2D eigenvalue weighted by molar-refractivity contribution is 0.0697. The number of aryl methyl sites for hydroxylation is 2. The number of benzene rings is 2. The summed E-state index contributed by atoms with van der Waals surface area (Å²) in [6.07, 6.45) is 0. The fourth-order valence-electron chi connectivity index (χ4n) is 2.37. The summed E-state index contributed by atoms with van der Waals surface area (Å²) in [6, 6.07) is 8.07. The fourth-order valence-corrected chi connectivity index (χ4v) is 2.37. The second-order valence-electron chi connectivity index (χ2n) is 4.85. The smallest absolute Gasteiger partial charge is 0.335 e. The zero-order chi connectivity index (χ0) is 14.4. The minimum atomic E-state index is -1.05. The highest BCUT2D eigenvalue weighted by molar-refractivity contribution is 5.96. The summed E-state index contributed by atoms with van der Waals surface area (Å²) in [4.78, 5) is 23.5. The van der Waals surface area contributed by atoms with Gasteiger partial charge in [0.25, 0.3) is 0 Å². The lowest BCUT2D eigenvalue weighted by atomic mass is 10.0. The molecule has 0 saturated heterocycles. The van der Waals surface area contributed by atoms with E-state index in [1.165, 1.54) is 18.2 Å².